The van der Waals surface area contributed by atoms with Crippen LogP contribution in [0.1, 0.15) is 32.3 Å². The fraction of sp³-hybridized carbons (Fsp3) is 0.526. The molecule has 1 aromatic carbocycles. The van der Waals surface area contributed by atoms with Gasteiger partial charge in [0, 0.05) is 12.2 Å². The summed E-state index contributed by atoms with van der Waals surface area (Å²) in [4.78, 5) is 38.6. The van der Waals surface area contributed by atoms with Crippen molar-refractivity contribution in [2.75, 3.05) is 11.9 Å². The molecule has 1 aromatic rings. The van der Waals surface area contributed by atoms with Gasteiger partial charge in [-0.15, -0.1) is 0 Å². The second-order valence-electron chi connectivity index (χ2n) is 7.80. The average Bonchev–Trinajstić information content (AvgIpc) is 3.03. The monoisotopic (exact) mass is 412 g/mol. The molecule has 29 heavy (non-hydrogen) atoms. The van der Waals surface area contributed by atoms with Crippen LogP contribution in [0.4, 0.5) is 23.7 Å². The van der Waals surface area contributed by atoms with E-state index in [0.717, 1.165) is 24.3 Å². The number of piperazine rings is 1. The molecular formula is C19H23F3N4O3. The van der Waals surface area contributed by atoms with Gasteiger partial charge in [-0.05, 0) is 43.0 Å². The molecule has 2 saturated heterocycles. The van der Waals surface area contributed by atoms with Gasteiger partial charge in [-0.3, -0.25) is 9.59 Å². The highest BCUT2D eigenvalue weighted by Crippen LogP contribution is 2.30. The Balaban J connectivity index is 1.57. The maximum absolute atomic E-state index is 12.6. The van der Waals surface area contributed by atoms with Crippen molar-refractivity contribution in [1.29, 1.82) is 0 Å². The van der Waals surface area contributed by atoms with E-state index >= 15 is 0 Å². The predicted octanol–water partition coefficient (Wildman–Crippen LogP) is 2.34. The number of halogens is 3. The van der Waals surface area contributed by atoms with Crippen molar-refractivity contribution in [2.24, 2.45) is 5.92 Å². The molecule has 4 amide bonds. The summed E-state index contributed by atoms with van der Waals surface area (Å²) in [6.45, 7) is 4.14. The first-order valence-electron chi connectivity index (χ1n) is 9.40. The lowest BCUT2D eigenvalue weighted by Crippen LogP contribution is -2.61. The lowest BCUT2D eigenvalue weighted by Gasteiger charge is -2.35. The van der Waals surface area contributed by atoms with Crippen molar-refractivity contribution in [2.45, 2.75) is 51.0 Å². The standard InChI is InChI=1S/C19H23F3N4O3/c1-10(2)7-14-17(28)26-9-13(8-15(26)16(27)25-14)24-18(29)23-12-5-3-11(4-6-12)19(20,21)22/h3-6,10,13-15H,7-9H2,1-2H3,(H,25,27)(H2,23,24,29)/t13-,14+,15-/m0/s1. The third-order valence-corrected chi connectivity index (χ3v) is 5.01. The molecule has 0 aromatic heterocycles. The highest BCUT2D eigenvalue weighted by molar-refractivity contribution is 5.98. The predicted molar refractivity (Wildman–Crippen MR) is 98.9 cm³/mol. The third kappa shape index (κ3) is 4.80. The zero-order valence-corrected chi connectivity index (χ0v) is 16.0. The van der Waals surface area contributed by atoms with E-state index in [1.807, 2.05) is 13.8 Å². The SMILES string of the molecule is CC(C)C[C@H]1NC(=O)[C@@H]2C[C@H](NC(=O)Nc3ccc(C(F)(F)F)cc3)CN2C1=O. The molecule has 3 rings (SSSR count). The smallest absolute Gasteiger partial charge is 0.342 e. The van der Waals surface area contributed by atoms with Gasteiger partial charge in [0.15, 0.2) is 0 Å². The van der Waals surface area contributed by atoms with E-state index in [9.17, 15) is 27.6 Å². The van der Waals surface area contributed by atoms with Crippen molar-refractivity contribution in [1.82, 2.24) is 15.5 Å². The largest absolute Gasteiger partial charge is 0.416 e. The molecule has 0 bridgehead atoms. The molecule has 2 fully saturated rings. The Morgan fingerprint density at radius 1 is 1.24 bits per heavy atom. The summed E-state index contributed by atoms with van der Waals surface area (Å²) in [6.07, 6.45) is -3.62. The first kappa shape index (κ1) is 20.9. The lowest BCUT2D eigenvalue weighted by atomic mass is 9.99. The van der Waals surface area contributed by atoms with Gasteiger partial charge in [-0.25, -0.2) is 4.79 Å². The van der Waals surface area contributed by atoms with Crippen molar-refractivity contribution in [3.05, 3.63) is 29.8 Å². The fourth-order valence-electron chi connectivity index (χ4n) is 3.69. The normalized spacial score (nSPS) is 24.3. The number of urea groups is 1. The summed E-state index contributed by atoms with van der Waals surface area (Å²) >= 11 is 0. The number of benzene rings is 1. The fourth-order valence-corrected chi connectivity index (χ4v) is 3.69. The molecule has 0 radical (unpaired) electrons. The number of nitrogens with zero attached hydrogens (tertiary/aromatic N) is 1. The average molecular weight is 412 g/mol. The molecule has 158 valence electrons. The molecule has 2 heterocycles. The molecule has 10 heteroatoms. The van der Waals surface area contributed by atoms with Gasteiger partial charge in [0.25, 0.3) is 0 Å². The summed E-state index contributed by atoms with van der Waals surface area (Å²) in [5, 5.41) is 7.89. The molecule has 3 atom stereocenters. The summed E-state index contributed by atoms with van der Waals surface area (Å²) in [5.74, 6) is -0.148. The first-order chi connectivity index (χ1) is 13.5. The number of hydrogen-bond donors (Lipinski definition) is 3. The second kappa shape index (κ2) is 7.92. The molecular weight excluding hydrogens is 389 g/mol. The highest BCUT2D eigenvalue weighted by Gasteiger charge is 2.46. The van der Waals surface area contributed by atoms with Crippen LogP contribution in [0.25, 0.3) is 0 Å². The second-order valence-corrected chi connectivity index (χ2v) is 7.80. The maximum atomic E-state index is 12.6. The number of alkyl halides is 3. The van der Waals surface area contributed by atoms with E-state index in [0.29, 0.717) is 6.42 Å². The van der Waals surface area contributed by atoms with Crippen LogP contribution in [0.2, 0.25) is 0 Å². The van der Waals surface area contributed by atoms with Crippen LogP contribution >= 0.6 is 0 Å². The number of anilines is 1. The molecule has 0 aliphatic carbocycles. The Hall–Kier alpha value is -2.78. The van der Waals surface area contributed by atoms with Crippen molar-refractivity contribution >= 4 is 23.5 Å². The minimum atomic E-state index is -4.45. The molecule has 2 aliphatic rings. The van der Waals surface area contributed by atoms with Crippen LogP contribution in [-0.2, 0) is 15.8 Å². The van der Waals surface area contributed by atoms with Gasteiger partial charge in [-0.1, -0.05) is 13.8 Å². The Labute approximate surface area is 166 Å². The van der Waals surface area contributed by atoms with Crippen LogP contribution in [0, 0.1) is 5.92 Å². The van der Waals surface area contributed by atoms with Crippen molar-refractivity contribution in [3.63, 3.8) is 0 Å². The summed E-state index contributed by atoms with van der Waals surface area (Å²) in [5.41, 5.74) is -0.603. The quantitative estimate of drug-likeness (QED) is 0.709. The number of carbonyl (C=O) groups is 3. The minimum Gasteiger partial charge on any atom is -0.342 e. The zero-order chi connectivity index (χ0) is 21.3. The molecule has 3 N–H and O–H groups in total. The van der Waals surface area contributed by atoms with Gasteiger partial charge >= 0.3 is 12.2 Å². The van der Waals surface area contributed by atoms with Gasteiger partial charge < -0.3 is 20.9 Å². The van der Waals surface area contributed by atoms with E-state index < -0.39 is 35.9 Å². The van der Waals surface area contributed by atoms with E-state index in [2.05, 4.69) is 16.0 Å². The Morgan fingerprint density at radius 3 is 2.48 bits per heavy atom. The van der Waals surface area contributed by atoms with E-state index in [-0.39, 0.29) is 36.4 Å². The Morgan fingerprint density at radius 2 is 1.90 bits per heavy atom. The zero-order valence-electron chi connectivity index (χ0n) is 16.0. The van der Waals surface area contributed by atoms with Crippen LogP contribution in [0.3, 0.4) is 0 Å². The summed E-state index contributed by atoms with van der Waals surface area (Å²) in [7, 11) is 0. The number of fused-ring (bicyclic) bond motifs is 1. The van der Waals surface area contributed by atoms with Crippen molar-refractivity contribution in [3.8, 4) is 0 Å². The molecule has 0 saturated carbocycles. The Kier molecular flexibility index (Phi) is 5.72. The number of hydrogen-bond acceptors (Lipinski definition) is 3. The van der Waals surface area contributed by atoms with Gasteiger partial charge in [0.1, 0.15) is 12.1 Å². The summed E-state index contributed by atoms with van der Waals surface area (Å²) < 4.78 is 37.8. The van der Waals surface area contributed by atoms with Crippen LogP contribution in [0.5, 0.6) is 0 Å². The number of rotatable bonds is 4. The number of nitrogens with one attached hydrogen (secondary N) is 3. The van der Waals surface area contributed by atoms with Gasteiger partial charge in [0.05, 0.1) is 11.6 Å². The van der Waals surface area contributed by atoms with Crippen molar-refractivity contribution < 1.29 is 27.6 Å². The number of amides is 4. The van der Waals surface area contributed by atoms with E-state index in [4.69, 9.17) is 0 Å². The topological polar surface area (TPSA) is 90.5 Å². The molecule has 7 nitrogen and oxygen atoms in total. The van der Waals surface area contributed by atoms with Crippen LogP contribution in [-0.4, -0.2) is 47.4 Å². The third-order valence-electron chi connectivity index (χ3n) is 5.01. The van der Waals surface area contributed by atoms with Crippen LogP contribution < -0.4 is 16.0 Å². The Bertz CT molecular complexity index is 795. The minimum absolute atomic E-state index is 0.157. The molecule has 0 spiro atoms. The van der Waals surface area contributed by atoms with Gasteiger partial charge in [0.2, 0.25) is 11.8 Å². The van der Waals surface area contributed by atoms with Crippen LogP contribution in [0.15, 0.2) is 24.3 Å². The molecule has 0 unspecified atom stereocenters. The first-order valence-corrected chi connectivity index (χ1v) is 9.40. The highest BCUT2D eigenvalue weighted by atomic mass is 19.4. The van der Waals surface area contributed by atoms with E-state index in [1.165, 1.54) is 4.90 Å². The van der Waals surface area contributed by atoms with E-state index in [1.54, 1.807) is 0 Å². The maximum Gasteiger partial charge on any atom is 0.416 e. The van der Waals surface area contributed by atoms with Gasteiger partial charge in [-0.2, -0.15) is 13.2 Å². The molecule has 2 aliphatic heterocycles. The lowest BCUT2D eigenvalue weighted by molar-refractivity contribution is -0.147. The number of carbonyl (C=O) groups excluding carboxylic acids is 3. The summed E-state index contributed by atoms with van der Waals surface area (Å²) in [6, 6.07) is 1.86.